The number of hydrogen-bond acceptors (Lipinski definition) is 5. The molecule has 4 atom stereocenters. The van der Waals surface area contributed by atoms with Crippen LogP contribution in [-0.4, -0.2) is 53.7 Å². The molecule has 3 heterocycles. The van der Waals surface area contributed by atoms with Crippen LogP contribution in [0.25, 0.3) is 0 Å². The van der Waals surface area contributed by atoms with Crippen LogP contribution < -0.4 is 4.90 Å². The maximum Gasteiger partial charge on any atom is 0.264 e. The number of nitrogens with zero attached hydrogens (tertiary/aromatic N) is 4. The summed E-state index contributed by atoms with van der Waals surface area (Å²) in [4.78, 5) is 15.6. The van der Waals surface area contributed by atoms with Crippen molar-refractivity contribution in [1.82, 2.24) is 15.0 Å². The molecule has 1 N–H and O–H groups in total. The minimum Gasteiger partial charge on any atom is -0.396 e. The fourth-order valence-corrected chi connectivity index (χ4v) is 8.57. The molecular formula is C23H30FIN4O3Si. The van der Waals surface area contributed by atoms with E-state index in [-0.39, 0.29) is 24.0 Å². The van der Waals surface area contributed by atoms with Crippen molar-refractivity contribution >= 4 is 42.6 Å². The second kappa shape index (κ2) is 9.20. The third kappa shape index (κ3) is 4.19. The van der Waals surface area contributed by atoms with Crippen LogP contribution >= 0.6 is 22.6 Å². The Morgan fingerprint density at radius 1 is 1.42 bits per heavy atom. The molecule has 1 amide bonds. The highest BCUT2D eigenvalue weighted by molar-refractivity contribution is 14.1. The summed E-state index contributed by atoms with van der Waals surface area (Å²) in [7, 11) is -3.19. The molecule has 1 fully saturated rings. The first kappa shape index (κ1) is 24.5. The minimum atomic E-state index is -3.19. The van der Waals surface area contributed by atoms with Gasteiger partial charge in [0.2, 0.25) is 8.41 Å². The minimum absolute atomic E-state index is 0.00963. The fraction of sp³-hybridized carbons (Fsp3) is 0.522. The molecule has 7 nitrogen and oxygen atoms in total. The van der Waals surface area contributed by atoms with Crippen molar-refractivity contribution in [2.24, 2.45) is 5.92 Å². The molecule has 2 aliphatic heterocycles. The largest absolute Gasteiger partial charge is 0.396 e. The van der Waals surface area contributed by atoms with Crippen LogP contribution in [0.1, 0.15) is 24.6 Å². The topological polar surface area (TPSA) is 80.5 Å². The van der Waals surface area contributed by atoms with Gasteiger partial charge in [0.15, 0.2) is 5.60 Å². The van der Waals surface area contributed by atoms with Crippen LogP contribution in [0.4, 0.5) is 9.80 Å². The van der Waals surface area contributed by atoms with E-state index in [1.54, 1.807) is 34.9 Å². The van der Waals surface area contributed by atoms with E-state index in [0.717, 1.165) is 14.8 Å². The van der Waals surface area contributed by atoms with Crippen molar-refractivity contribution in [3.63, 3.8) is 0 Å². The van der Waals surface area contributed by atoms with E-state index in [0.29, 0.717) is 31.6 Å². The number of benzene rings is 1. The van der Waals surface area contributed by atoms with Gasteiger partial charge in [0.25, 0.3) is 5.91 Å². The zero-order valence-electron chi connectivity index (χ0n) is 19.2. The summed E-state index contributed by atoms with van der Waals surface area (Å²) in [6.45, 7) is 10.1. The van der Waals surface area contributed by atoms with Gasteiger partial charge in [-0.15, -0.1) is 11.7 Å². The maximum absolute atomic E-state index is 15.7. The lowest BCUT2D eigenvalue weighted by Gasteiger charge is -2.31. The zero-order valence-corrected chi connectivity index (χ0v) is 22.3. The van der Waals surface area contributed by atoms with E-state index in [4.69, 9.17) is 9.84 Å². The molecule has 10 heteroatoms. The Balaban J connectivity index is 1.70. The number of carbonyl (C=O) groups is 1. The van der Waals surface area contributed by atoms with E-state index >= 15 is 4.11 Å². The maximum atomic E-state index is 15.7. The number of rotatable bonds is 8. The second-order valence-electron chi connectivity index (χ2n) is 9.37. The number of amides is 1. The van der Waals surface area contributed by atoms with Gasteiger partial charge in [-0.2, -0.15) is 0 Å². The summed E-state index contributed by atoms with van der Waals surface area (Å²) >= 11 is 2.24. The average molecular weight is 585 g/mol. The number of anilines is 1. The molecule has 2 aromatic rings. The quantitative estimate of drug-likeness (QED) is 0.221. The number of halogens is 2. The van der Waals surface area contributed by atoms with Crippen molar-refractivity contribution < 1.29 is 18.7 Å². The third-order valence-corrected chi connectivity index (χ3v) is 9.96. The number of carbonyl (C=O) groups excluding carboxylic acids is 1. The van der Waals surface area contributed by atoms with Gasteiger partial charge < -0.3 is 18.9 Å². The highest BCUT2D eigenvalue weighted by Crippen LogP contribution is 2.60. The monoisotopic (exact) mass is 584 g/mol. The molecule has 2 aliphatic rings. The molecule has 1 aromatic heterocycles. The smallest absolute Gasteiger partial charge is 0.264 e. The van der Waals surface area contributed by atoms with Crippen LogP contribution in [0.5, 0.6) is 0 Å². The Labute approximate surface area is 208 Å². The SMILES string of the molecule is C=CCN1C(=O)[C@]2(O[C@H](CCn3cc(CCO)nn3)[C@@H]([Si](C)(C)F)[C@@H]2C)c2cc(I)ccc21. The lowest BCUT2D eigenvalue weighted by atomic mass is 9.82. The second-order valence-corrected chi connectivity index (χ2v) is 14.4. The van der Waals surface area contributed by atoms with Gasteiger partial charge in [0, 0.05) is 52.9 Å². The molecule has 0 aliphatic carbocycles. The summed E-state index contributed by atoms with van der Waals surface area (Å²) in [5.74, 6) is -0.447. The van der Waals surface area contributed by atoms with Gasteiger partial charge in [0.05, 0.1) is 17.5 Å². The van der Waals surface area contributed by atoms with Gasteiger partial charge in [0.1, 0.15) is 0 Å². The number of aryl methyl sites for hydroxylation is 1. The highest BCUT2D eigenvalue weighted by Gasteiger charge is 2.66. The molecule has 33 heavy (non-hydrogen) atoms. The van der Waals surface area contributed by atoms with Gasteiger partial charge >= 0.3 is 0 Å². The molecule has 0 bridgehead atoms. The van der Waals surface area contributed by atoms with E-state index in [1.807, 2.05) is 25.1 Å². The molecule has 0 radical (unpaired) electrons. The average Bonchev–Trinajstić information content (AvgIpc) is 3.38. The predicted molar refractivity (Wildman–Crippen MR) is 135 cm³/mol. The first-order valence-electron chi connectivity index (χ1n) is 11.2. The molecule has 1 saturated heterocycles. The lowest BCUT2D eigenvalue weighted by molar-refractivity contribution is -0.145. The Morgan fingerprint density at radius 2 is 2.18 bits per heavy atom. The Bertz CT molecular complexity index is 1060. The fourth-order valence-electron chi connectivity index (χ4n) is 5.54. The molecular weight excluding hydrogens is 554 g/mol. The number of aromatic nitrogens is 3. The molecule has 178 valence electrons. The van der Waals surface area contributed by atoms with Crippen molar-refractivity contribution in [3.05, 3.63) is 51.9 Å². The zero-order chi connectivity index (χ0) is 24.0. The molecule has 0 unspecified atom stereocenters. The van der Waals surface area contributed by atoms with Crippen molar-refractivity contribution in [2.45, 2.75) is 56.7 Å². The van der Waals surface area contributed by atoms with Crippen LogP contribution in [0, 0.1) is 9.49 Å². The Hall–Kier alpha value is -1.63. The number of hydrogen-bond donors (Lipinski definition) is 1. The number of aliphatic hydroxyl groups excluding tert-OH is 1. The van der Waals surface area contributed by atoms with E-state index in [2.05, 4.69) is 39.5 Å². The predicted octanol–water partition coefficient (Wildman–Crippen LogP) is 3.82. The summed E-state index contributed by atoms with van der Waals surface area (Å²) < 4.78 is 25.1. The van der Waals surface area contributed by atoms with Gasteiger partial charge in [-0.3, -0.25) is 9.48 Å². The highest BCUT2D eigenvalue weighted by atomic mass is 127. The third-order valence-electron chi connectivity index (χ3n) is 6.83. The van der Waals surface area contributed by atoms with Gasteiger partial charge in [-0.1, -0.05) is 18.2 Å². The van der Waals surface area contributed by atoms with Crippen LogP contribution in [0.3, 0.4) is 0 Å². The van der Waals surface area contributed by atoms with Gasteiger partial charge in [-0.25, -0.2) is 0 Å². The van der Waals surface area contributed by atoms with E-state index in [9.17, 15) is 4.79 Å². The van der Waals surface area contributed by atoms with Crippen LogP contribution in [0.15, 0.2) is 37.1 Å². The lowest BCUT2D eigenvalue weighted by Crippen LogP contribution is -2.45. The summed E-state index contributed by atoms with van der Waals surface area (Å²) in [5, 5.41) is 17.3. The summed E-state index contributed by atoms with van der Waals surface area (Å²) in [5.41, 5.74) is 0.799. The van der Waals surface area contributed by atoms with Crippen molar-refractivity contribution in [3.8, 4) is 0 Å². The standard InChI is InChI=1S/C23H30FIN4O3Si/c1-5-10-29-19-7-6-16(25)13-18(19)23(22(29)31)15(2)21(33(3,4)24)20(32-23)8-11-28-14-17(9-12-30)26-27-28/h5-7,13-15,20-21,30H,1,8-12H2,2-4H3/t15-,20+,21-,23+/m0/s1. The molecule has 1 aromatic carbocycles. The Kier molecular flexibility index (Phi) is 6.82. The molecule has 4 rings (SSSR count). The molecule has 0 saturated carbocycles. The van der Waals surface area contributed by atoms with Crippen LogP contribution in [-0.2, 0) is 28.1 Å². The van der Waals surface area contributed by atoms with E-state index < -0.39 is 20.1 Å². The first-order chi connectivity index (χ1) is 15.6. The Morgan fingerprint density at radius 3 is 2.85 bits per heavy atom. The number of fused-ring (bicyclic) bond motifs is 2. The van der Waals surface area contributed by atoms with Crippen LogP contribution in [0.2, 0.25) is 18.6 Å². The normalized spacial score (nSPS) is 26.9. The summed E-state index contributed by atoms with van der Waals surface area (Å²) in [6, 6.07) is 5.92. The first-order valence-corrected chi connectivity index (χ1v) is 15.3. The number of aliphatic hydroxyl groups is 1. The van der Waals surface area contributed by atoms with Gasteiger partial charge in [-0.05, 0) is 60.3 Å². The number of ether oxygens (including phenoxy) is 1. The van der Waals surface area contributed by atoms with Crippen molar-refractivity contribution in [2.75, 3.05) is 18.1 Å². The summed E-state index contributed by atoms with van der Waals surface area (Å²) in [6.07, 6.45) is 4.04. The van der Waals surface area contributed by atoms with Crippen molar-refractivity contribution in [1.29, 1.82) is 0 Å². The molecule has 1 spiro atoms. The van der Waals surface area contributed by atoms with E-state index in [1.165, 1.54) is 0 Å².